The number of thiazole rings is 1. The average Bonchev–Trinajstić information content (AvgIpc) is 3.10. The summed E-state index contributed by atoms with van der Waals surface area (Å²) >= 11 is 1.04. The Morgan fingerprint density at radius 1 is 1.36 bits per heavy atom. The van der Waals surface area contributed by atoms with Gasteiger partial charge in [0.25, 0.3) is 0 Å². The molecule has 2 aromatic heterocycles. The van der Waals surface area contributed by atoms with Gasteiger partial charge in [0.15, 0.2) is 21.2 Å². The van der Waals surface area contributed by atoms with Crippen LogP contribution in [0, 0.1) is 0 Å². The van der Waals surface area contributed by atoms with E-state index in [0.29, 0.717) is 17.7 Å². The number of carbonyl (C=O) groups excluding carboxylic acids is 1. The molecule has 1 aliphatic carbocycles. The number of fused-ring (bicyclic) bond motifs is 1. The molecule has 25 heavy (non-hydrogen) atoms. The van der Waals surface area contributed by atoms with Gasteiger partial charge in [-0.25, -0.2) is 27.6 Å². The topological polar surface area (TPSA) is 86.2 Å². The summed E-state index contributed by atoms with van der Waals surface area (Å²) < 4.78 is 44.4. The van der Waals surface area contributed by atoms with E-state index in [4.69, 9.17) is 4.74 Å². The van der Waals surface area contributed by atoms with Crippen LogP contribution in [0.15, 0.2) is 11.0 Å². The summed E-state index contributed by atoms with van der Waals surface area (Å²) in [7, 11) is -3.72. The quantitative estimate of drug-likeness (QED) is 0.749. The second-order valence-electron chi connectivity index (χ2n) is 7.05. The van der Waals surface area contributed by atoms with Crippen LogP contribution in [0.2, 0.25) is 0 Å². The highest BCUT2D eigenvalue weighted by Gasteiger charge is 2.48. The summed E-state index contributed by atoms with van der Waals surface area (Å²) in [5, 5.41) is 0.274. The number of sulfone groups is 1. The van der Waals surface area contributed by atoms with Crippen LogP contribution in [0.25, 0.3) is 10.3 Å². The molecule has 2 heterocycles. The van der Waals surface area contributed by atoms with Gasteiger partial charge in [-0.2, -0.15) is 0 Å². The Balaban J connectivity index is 2.18. The lowest BCUT2D eigenvalue weighted by Crippen LogP contribution is -2.26. The maximum atomic E-state index is 14.3. The first-order chi connectivity index (χ1) is 11.5. The monoisotopic (exact) mass is 386 g/mol. The minimum atomic E-state index is -3.72. The van der Waals surface area contributed by atoms with Crippen molar-refractivity contribution in [2.45, 2.75) is 56.7 Å². The molecule has 0 spiro atoms. The minimum Gasteiger partial charge on any atom is -0.455 e. The number of pyridine rings is 1. The first-order valence-electron chi connectivity index (χ1n) is 7.92. The summed E-state index contributed by atoms with van der Waals surface area (Å²) in [5.74, 6) is -1.02. The number of rotatable bonds is 4. The number of ether oxygens (including phenoxy) is 1. The van der Waals surface area contributed by atoms with Crippen molar-refractivity contribution in [3.05, 3.63) is 16.8 Å². The summed E-state index contributed by atoms with van der Waals surface area (Å²) in [4.78, 5) is 20.9. The molecule has 0 atom stereocenters. The van der Waals surface area contributed by atoms with Gasteiger partial charge < -0.3 is 4.74 Å². The Morgan fingerprint density at radius 2 is 2.00 bits per heavy atom. The smallest absolute Gasteiger partial charge is 0.358 e. The minimum absolute atomic E-state index is 0.194. The molecule has 0 saturated heterocycles. The zero-order valence-electron chi connectivity index (χ0n) is 14.4. The van der Waals surface area contributed by atoms with Crippen molar-refractivity contribution in [1.29, 1.82) is 0 Å². The number of nitrogens with zero attached hydrogens (tertiary/aromatic N) is 2. The van der Waals surface area contributed by atoms with Crippen LogP contribution in [-0.4, -0.2) is 35.7 Å². The van der Waals surface area contributed by atoms with Crippen LogP contribution in [0.3, 0.4) is 0 Å². The molecule has 0 aromatic carbocycles. The Morgan fingerprint density at radius 3 is 2.52 bits per heavy atom. The van der Waals surface area contributed by atoms with Gasteiger partial charge in [-0.05, 0) is 39.7 Å². The van der Waals surface area contributed by atoms with E-state index in [1.54, 1.807) is 20.8 Å². The van der Waals surface area contributed by atoms with E-state index < -0.39 is 27.1 Å². The first-order valence-corrected chi connectivity index (χ1v) is 10.4. The second-order valence-corrected chi connectivity index (χ2v) is 10.3. The SMILES string of the molecule is CCS(=O)(=O)c1cc2nc(C3(F)CC3)sc2nc1C(=O)OC(C)(C)C. The lowest BCUT2D eigenvalue weighted by Gasteiger charge is -2.20. The van der Waals surface area contributed by atoms with Crippen molar-refractivity contribution >= 4 is 37.5 Å². The molecule has 2 aromatic rings. The number of esters is 1. The molecule has 1 saturated carbocycles. The third-order valence-corrected chi connectivity index (χ3v) is 6.61. The maximum Gasteiger partial charge on any atom is 0.358 e. The summed E-state index contributed by atoms with van der Waals surface area (Å²) in [6.07, 6.45) is 0.789. The molecular formula is C16H19FN2O4S2. The lowest BCUT2D eigenvalue weighted by molar-refractivity contribution is 0.00586. The molecule has 0 N–H and O–H groups in total. The van der Waals surface area contributed by atoms with E-state index in [0.717, 1.165) is 11.3 Å². The van der Waals surface area contributed by atoms with Crippen molar-refractivity contribution in [3.63, 3.8) is 0 Å². The Bertz CT molecular complexity index is 956. The van der Waals surface area contributed by atoms with Crippen molar-refractivity contribution in [2.24, 2.45) is 0 Å². The van der Waals surface area contributed by atoms with Gasteiger partial charge in [0.2, 0.25) is 0 Å². The van der Waals surface area contributed by atoms with Crippen LogP contribution in [0.4, 0.5) is 4.39 Å². The highest BCUT2D eigenvalue weighted by atomic mass is 32.2. The fourth-order valence-corrected chi connectivity index (χ4v) is 4.31. The van der Waals surface area contributed by atoms with Crippen LogP contribution in [0.5, 0.6) is 0 Å². The molecule has 1 aliphatic rings. The summed E-state index contributed by atoms with van der Waals surface area (Å²) in [5.41, 5.74) is -2.23. The number of halogens is 1. The molecule has 0 amide bonds. The number of hydrogen-bond acceptors (Lipinski definition) is 7. The predicted octanol–water partition coefficient (Wildman–Crippen LogP) is 3.40. The van der Waals surface area contributed by atoms with E-state index in [-0.39, 0.29) is 26.9 Å². The normalized spacial score (nSPS) is 16.8. The van der Waals surface area contributed by atoms with E-state index in [2.05, 4.69) is 9.97 Å². The number of carbonyl (C=O) groups is 1. The van der Waals surface area contributed by atoms with E-state index in [9.17, 15) is 17.6 Å². The van der Waals surface area contributed by atoms with Gasteiger partial charge in [0.05, 0.1) is 5.75 Å². The molecule has 0 bridgehead atoms. The van der Waals surface area contributed by atoms with Crippen LogP contribution >= 0.6 is 11.3 Å². The van der Waals surface area contributed by atoms with E-state index in [1.165, 1.54) is 13.0 Å². The zero-order chi connectivity index (χ0) is 18.6. The van der Waals surface area contributed by atoms with Gasteiger partial charge in [-0.3, -0.25) is 0 Å². The Labute approximate surface area is 149 Å². The number of aromatic nitrogens is 2. The molecule has 0 aliphatic heterocycles. The predicted molar refractivity (Wildman–Crippen MR) is 92.3 cm³/mol. The molecule has 1 fully saturated rings. The van der Waals surface area contributed by atoms with Crippen molar-refractivity contribution in [1.82, 2.24) is 9.97 Å². The fraction of sp³-hybridized carbons (Fsp3) is 0.562. The van der Waals surface area contributed by atoms with Gasteiger partial charge in [-0.1, -0.05) is 18.3 Å². The highest BCUT2D eigenvalue weighted by Crippen LogP contribution is 2.51. The highest BCUT2D eigenvalue weighted by molar-refractivity contribution is 7.91. The average molecular weight is 386 g/mol. The molecule has 3 rings (SSSR count). The van der Waals surface area contributed by atoms with Crippen molar-refractivity contribution < 1.29 is 22.3 Å². The molecule has 9 heteroatoms. The molecule has 6 nitrogen and oxygen atoms in total. The fourth-order valence-electron chi connectivity index (χ4n) is 2.23. The Hall–Kier alpha value is -1.61. The third kappa shape index (κ3) is 3.52. The molecule has 136 valence electrons. The van der Waals surface area contributed by atoms with E-state index in [1.807, 2.05) is 0 Å². The summed E-state index contributed by atoms with van der Waals surface area (Å²) in [6, 6.07) is 1.30. The zero-order valence-corrected chi connectivity index (χ0v) is 16.1. The third-order valence-electron chi connectivity index (χ3n) is 3.73. The van der Waals surface area contributed by atoms with Gasteiger partial charge >= 0.3 is 5.97 Å². The van der Waals surface area contributed by atoms with Gasteiger partial charge in [0.1, 0.15) is 25.9 Å². The summed E-state index contributed by atoms with van der Waals surface area (Å²) in [6.45, 7) is 6.53. The number of hydrogen-bond donors (Lipinski definition) is 0. The van der Waals surface area contributed by atoms with E-state index >= 15 is 0 Å². The number of alkyl halides is 1. The van der Waals surface area contributed by atoms with Crippen LogP contribution < -0.4 is 0 Å². The van der Waals surface area contributed by atoms with Crippen LogP contribution in [-0.2, 0) is 20.2 Å². The molecular weight excluding hydrogens is 367 g/mol. The van der Waals surface area contributed by atoms with Crippen molar-refractivity contribution in [2.75, 3.05) is 5.75 Å². The Kier molecular flexibility index (Phi) is 4.15. The van der Waals surface area contributed by atoms with Crippen LogP contribution in [0.1, 0.15) is 56.0 Å². The first kappa shape index (κ1) is 18.2. The van der Waals surface area contributed by atoms with Gasteiger partial charge in [0, 0.05) is 0 Å². The van der Waals surface area contributed by atoms with Crippen molar-refractivity contribution in [3.8, 4) is 0 Å². The standard InChI is InChI=1S/C16H19FN2O4S2/c1-5-25(21,22)10-8-9-12(24-14(18-9)16(17)6-7-16)19-11(10)13(20)23-15(2,3)4/h8H,5-7H2,1-4H3. The molecule has 0 unspecified atom stereocenters. The maximum absolute atomic E-state index is 14.3. The molecule has 0 radical (unpaired) electrons. The van der Waals surface area contributed by atoms with Gasteiger partial charge in [-0.15, -0.1) is 0 Å². The second kappa shape index (κ2) is 5.70. The lowest BCUT2D eigenvalue weighted by atomic mass is 10.2. The largest absolute Gasteiger partial charge is 0.455 e.